The third-order valence-corrected chi connectivity index (χ3v) is 3.45. The molecular formula is C14H8Br2F2O. The predicted octanol–water partition coefficient (Wildman–Crippen LogP) is 4.92. The van der Waals surface area contributed by atoms with Gasteiger partial charge in [-0.2, -0.15) is 0 Å². The van der Waals surface area contributed by atoms with Gasteiger partial charge in [-0.05, 0) is 35.9 Å². The molecular weight excluding hydrogens is 382 g/mol. The van der Waals surface area contributed by atoms with Gasteiger partial charge in [-0.3, -0.25) is 4.79 Å². The van der Waals surface area contributed by atoms with Gasteiger partial charge in [-0.1, -0.05) is 37.9 Å². The van der Waals surface area contributed by atoms with Gasteiger partial charge in [0.2, 0.25) is 0 Å². The van der Waals surface area contributed by atoms with Gasteiger partial charge in [0.1, 0.15) is 0 Å². The molecule has 0 aliphatic heterocycles. The molecule has 1 nitrogen and oxygen atoms in total. The Labute approximate surface area is 125 Å². The number of hydrogen-bond donors (Lipinski definition) is 0. The van der Waals surface area contributed by atoms with Crippen LogP contribution in [0.15, 0.2) is 45.3 Å². The van der Waals surface area contributed by atoms with Crippen LogP contribution < -0.4 is 0 Å². The standard InChI is InChI=1S/C14H8Br2F2O/c15-10-5-9(6-11(16)7-10)14(19)4-8-1-2-12(17)13(18)3-8/h1-3,5-7H,4H2. The second kappa shape index (κ2) is 5.92. The lowest BCUT2D eigenvalue weighted by Crippen LogP contribution is -2.04. The minimum Gasteiger partial charge on any atom is -0.294 e. The maximum Gasteiger partial charge on any atom is 0.167 e. The summed E-state index contributed by atoms with van der Waals surface area (Å²) in [6.45, 7) is 0. The van der Waals surface area contributed by atoms with E-state index in [4.69, 9.17) is 0 Å². The van der Waals surface area contributed by atoms with Crippen molar-refractivity contribution in [1.82, 2.24) is 0 Å². The van der Waals surface area contributed by atoms with Gasteiger partial charge in [-0.25, -0.2) is 8.78 Å². The molecule has 98 valence electrons. The van der Waals surface area contributed by atoms with Crippen molar-refractivity contribution in [2.45, 2.75) is 6.42 Å². The number of rotatable bonds is 3. The fraction of sp³-hybridized carbons (Fsp3) is 0.0714. The lowest BCUT2D eigenvalue weighted by Gasteiger charge is -2.04. The van der Waals surface area contributed by atoms with Crippen LogP contribution in [0.1, 0.15) is 15.9 Å². The van der Waals surface area contributed by atoms with Crippen molar-refractivity contribution in [3.63, 3.8) is 0 Å². The van der Waals surface area contributed by atoms with Crippen molar-refractivity contribution in [1.29, 1.82) is 0 Å². The number of carbonyl (C=O) groups is 1. The van der Waals surface area contributed by atoms with Crippen molar-refractivity contribution in [2.75, 3.05) is 0 Å². The van der Waals surface area contributed by atoms with Crippen LogP contribution in [0.3, 0.4) is 0 Å². The highest BCUT2D eigenvalue weighted by Gasteiger charge is 2.10. The molecule has 0 unspecified atom stereocenters. The Kier molecular flexibility index (Phi) is 4.47. The Balaban J connectivity index is 2.22. The minimum atomic E-state index is -0.944. The molecule has 19 heavy (non-hydrogen) atoms. The zero-order valence-corrected chi connectivity index (χ0v) is 12.8. The zero-order valence-electron chi connectivity index (χ0n) is 9.59. The SMILES string of the molecule is O=C(Cc1ccc(F)c(F)c1)c1cc(Br)cc(Br)c1. The van der Waals surface area contributed by atoms with Gasteiger partial charge in [0.05, 0.1) is 0 Å². The monoisotopic (exact) mass is 388 g/mol. The largest absolute Gasteiger partial charge is 0.294 e. The highest BCUT2D eigenvalue weighted by Crippen LogP contribution is 2.21. The van der Waals surface area contributed by atoms with E-state index in [2.05, 4.69) is 31.9 Å². The second-order valence-electron chi connectivity index (χ2n) is 4.01. The summed E-state index contributed by atoms with van der Waals surface area (Å²) in [5.41, 5.74) is 0.950. The molecule has 0 fully saturated rings. The van der Waals surface area contributed by atoms with E-state index < -0.39 is 11.6 Å². The van der Waals surface area contributed by atoms with Gasteiger partial charge in [0.25, 0.3) is 0 Å². The third kappa shape index (κ3) is 3.70. The van der Waals surface area contributed by atoms with E-state index in [1.165, 1.54) is 6.07 Å². The summed E-state index contributed by atoms with van der Waals surface area (Å²) < 4.78 is 27.4. The normalized spacial score (nSPS) is 10.5. The van der Waals surface area contributed by atoms with E-state index in [1.54, 1.807) is 12.1 Å². The Morgan fingerprint density at radius 3 is 2.16 bits per heavy atom. The second-order valence-corrected chi connectivity index (χ2v) is 5.84. The van der Waals surface area contributed by atoms with Crippen LogP contribution >= 0.6 is 31.9 Å². The molecule has 5 heteroatoms. The maximum atomic E-state index is 13.1. The van der Waals surface area contributed by atoms with E-state index in [-0.39, 0.29) is 12.2 Å². The first kappa shape index (κ1) is 14.3. The Morgan fingerprint density at radius 2 is 1.58 bits per heavy atom. The van der Waals surface area contributed by atoms with Gasteiger partial charge >= 0.3 is 0 Å². The molecule has 0 N–H and O–H groups in total. The molecule has 0 aliphatic rings. The quantitative estimate of drug-likeness (QED) is 0.681. The Morgan fingerprint density at radius 1 is 0.947 bits per heavy atom. The first-order valence-corrected chi connectivity index (χ1v) is 6.97. The fourth-order valence-electron chi connectivity index (χ4n) is 1.65. The molecule has 2 aromatic carbocycles. The van der Waals surface area contributed by atoms with Crippen molar-refractivity contribution in [3.8, 4) is 0 Å². The first-order chi connectivity index (χ1) is 8.95. The van der Waals surface area contributed by atoms with Crippen LogP contribution in [0.4, 0.5) is 8.78 Å². The van der Waals surface area contributed by atoms with Crippen molar-refractivity contribution in [2.24, 2.45) is 0 Å². The molecule has 0 bridgehead atoms. The summed E-state index contributed by atoms with van der Waals surface area (Å²) in [5.74, 6) is -2.02. The summed E-state index contributed by atoms with van der Waals surface area (Å²) in [6.07, 6.45) is 0.0279. The van der Waals surface area contributed by atoms with Crippen LogP contribution in [-0.2, 0) is 6.42 Å². The first-order valence-electron chi connectivity index (χ1n) is 5.39. The lowest BCUT2D eigenvalue weighted by atomic mass is 10.0. The Hall–Kier alpha value is -1.07. The minimum absolute atomic E-state index is 0.0279. The average molecular weight is 390 g/mol. The lowest BCUT2D eigenvalue weighted by molar-refractivity contribution is 0.0993. The van der Waals surface area contributed by atoms with Crippen LogP contribution in [-0.4, -0.2) is 5.78 Å². The van der Waals surface area contributed by atoms with Crippen LogP contribution in [0.2, 0.25) is 0 Å². The molecule has 0 spiro atoms. The summed E-state index contributed by atoms with van der Waals surface area (Å²) in [6, 6.07) is 8.66. The maximum absolute atomic E-state index is 13.1. The van der Waals surface area contributed by atoms with E-state index in [0.29, 0.717) is 11.1 Å². The number of carbonyl (C=O) groups excluding carboxylic acids is 1. The molecule has 0 saturated heterocycles. The van der Waals surface area contributed by atoms with Crippen molar-refractivity contribution >= 4 is 37.6 Å². The third-order valence-electron chi connectivity index (χ3n) is 2.53. The highest BCUT2D eigenvalue weighted by molar-refractivity contribution is 9.11. The molecule has 0 saturated carbocycles. The number of Topliss-reactive ketones (excluding diaryl/α,β-unsaturated/α-hetero) is 1. The highest BCUT2D eigenvalue weighted by atomic mass is 79.9. The number of hydrogen-bond acceptors (Lipinski definition) is 1. The number of benzene rings is 2. The fourth-order valence-corrected chi connectivity index (χ4v) is 2.95. The van der Waals surface area contributed by atoms with Gasteiger partial charge in [0, 0.05) is 20.9 Å². The molecule has 2 rings (SSSR count). The molecule has 0 atom stereocenters. The number of halogens is 4. The van der Waals surface area contributed by atoms with Crippen LogP contribution in [0.25, 0.3) is 0 Å². The molecule has 0 amide bonds. The van der Waals surface area contributed by atoms with Gasteiger partial charge in [0.15, 0.2) is 17.4 Å². The van der Waals surface area contributed by atoms with Crippen molar-refractivity contribution in [3.05, 3.63) is 68.1 Å². The van der Waals surface area contributed by atoms with Crippen molar-refractivity contribution < 1.29 is 13.6 Å². The Bertz CT molecular complexity index is 621. The summed E-state index contributed by atoms with van der Waals surface area (Å²) in [5, 5.41) is 0. The topological polar surface area (TPSA) is 17.1 Å². The predicted molar refractivity (Wildman–Crippen MR) is 76.2 cm³/mol. The van der Waals surface area contributed by atoms with Crippen LogP contribution in [0.5, 0.6) is 0 Å². The number of ketones is 1. The molecule has 0 radical (unpaired) electrons. The zero-order chi connectivity index (χ0) is 14.0. The summed E-state index contributed by atoms with van der Waals surface area (Å²) in [4.78, 5) is 12.1. The molecule has 0 aromatic heterocycles. The van der Waals surface area contributed by atoms with Gasteiger partial charge < -0.3 is 0 Å². The van der Waals surface area contributed by atoms with E-state index in [1.807, 2.05) is 6.07 Å². The van der Waals surface area contributed by atoms with Gasteiger partial charge in [-0.15, -0.1) is 0 Å². The van der Waals surface area contributed by atoms with E-state index >= 15 is 0 Å². The van der Waals surface area contributed by atoms with Crippen LogP contribution in [0, 0.1) is 11.6 Å². The average Bonchev–Trinajstić information content (AvgIpc) is 2.32. The smallest absolute Gasteiger partial charge is 0.167 e. The van der Waals surface area contributed by atoms with E-state index in [0.717, 1.165) is 21.1 Å². The summed E-state index contributed by atoms with van der Waals surface area (Å²) in [7, 11) is 0. The molecule has 0 aliphatic carbocycles. The summed E-state index contributed by atoms with van der Waals surface area (Å²) >= 11 is 6.59. The molecule has 2 aromatic rings. The molecule has 0 heterocycles. The van der Waals surface area contributed by atoms with E-state index in [9.17, 15) is 13.6 Å².